The van der Waals surface area contributed by atoms with Gasteiger partial charge < -0.3 is 15.0 Å². The lowest BCUT2D eigenvalue weighted by Gasteiger charge is -2.25. The molecule has 0 bridgehead atoms. The van der Waals surface area contributed by atoms with Crippen LogP contribution in [0.25, 0.3) is 0 Å². The number of methoxy groups -OCH3 is 1. The topological polar surface area (TPSA) is 41.6 Å². The van der Waals surface area contributed by atoms with E-state index >= 15 is 0 Å². The van der Waals surface area contributed by atoms with Crippen molar-refractivity contribution in [1.82, 2.24) is 10.2 Å². The number of halogens is 1. The number of likely N-dealkylation sites (N-methyl/N-ethyl adjacent to an activating group) is 1. The predicted molar refractivity (Wildman–Crippen MR) is 84.7 cm³/mol. The molecule has 0 aliphatic rings. The molecule has 1 rings (SSSR count). The van der Waals surface area contributed by atoms with Gasteiger partial charge in [-0.3, -0.25) is 4.79 Å². The second-order valence-corrected chi connectivity index (χ2v) is 4.72. The normalized spacial score (nSPS) is 11.4. The fraction of sp³-hybridized carbons (Fsp3) is 0.533. The van der Waals surface area contributed by atoms with E-state index in [1.165, 1.54) is 0 Å². The second kappa shape index (κ2) is 9.61. The number of carbonyl (C=O) groups excluding carboxylic acids is 1. The van der Waals surface area contributed by atoms with E-state index < -0.39 is 0 Å². The van der Waals surface area contributed by atoms with Gasteiger partial charge in [0.1, 0.15) is 5.75 Å². The Labute approximate surface area is 127 Å². The van der Waals surface area contributed by atoms with E-state index in [-0.39, 0.29) is 24.4 Å². The molecule has 0 heterocycles. The SMILES string of the molecule is CNCCC(=O)N(C)C(C)Cc1ccccc1OC.Cl. The highest BCUT2D eigenvalue weighted by molar-refractivity contribution is 5.85. The Morgan fingerprint density at radius 2 is 2.05 bits per heavy atom. The average Bonchev–Trinajstić information content (AvgIpc) is 2.44. The molecule has 0 fully saturated rings. The fourth-order valence-corrected chi connectivity index (χ4v) is 1.98. The van der Waals surface area contributed by atoms with Crippen molar-refractivity contribution in [2.45, 2.75) is 25.8 Å². The minimum atomic E-state index is 0. The van der Waals surface area contributed by atoms with Crippen LogP contribution < -0.4 is 10.1 Å². The molecule has 0 saturated carbocycles. The Kier molecular flexibility index (Phi) is 9.01. The van der Waals surface area contributed by atoms with Gasteiger partial charge in [-0.2, -0.15) is 0 Å². The van der Waals surface area contributed by atoms with Gasteiger partial charge in [-0.1, -0.05) is 18.2 Å². The minimum Gasteiger partial charge on any atom is -0.496 e. The smallest absolute Gasteiger partial charge is 0.223 e. The highest BCUT2D eigenvalue weighted by Gasteiger charge is 2.16. The van der Waals surface area contributed by atoms with Crippen molar-refractivity contribution in [3.05, 3.63) is 29.8 Å². The molecule has 0 aromatic heterocycles. The molecule has 20 heavy (non-hydrogen) atoms. The first-order valence-corrected chi connectivity index (χ1v) is 6.62. The van der Waals surface area contributed by atoms with Crippen LogP contribution in [0.2, 0.25) is 0 Å². The average molecular weight is 301 g/mol. The van der Waals surface area contributed by atoms with Crippen molar-refractivity contribution >= 4 is 18.3 Å². The first-order valence-electron chi connectivity index (χ1n) is 6.62. The molecule has 1 aromatic carbocycles. The van der Waals surface area contributed by atoms with Crippen LogP contribution in [-0.4, -0.2) is 44.6 Å². The van der Waals surface area contributed by atoms with Crippen molar-refractivity contribution in [2.75, 3.05) is 27.7 Å². The number of carbonyl (C=O) groups is 1. The van der Waals surface area contributed by atoms with Gasteiger partial charge in [-0.15, -0.1) is 12.4 Å². The van der Waals surface area contributed by atoms with E-state index in [9.17, 15) is 4.79 Å². The molecule has 1 amide bonds. The number of hydrogen-bond donors (Lipinski definition) is 1. The van der Waals surface area contributed by atoms with Gasteiger partial charge in [0, 0.05) is 26.1 Å². The van der Waals surface area contributed by atoms with Crippen LogP contribution in [0, 0.1) is 0 Å². The van der Waals surface area contributed by atoms with Gasteiger partial charge in [0.15, 0.2) is 0 Å². The maximum atomic E-state index is 11.9. The Hall–Kier alpha value is -1.26. The molecule has 1 atom stereocenters. The molecule has 1 aromatic rings. The quantitative estimate of drug-likeness (QED) is 0.838. The molecule has 1 unspecified atom stereocenters. The zero-order chi connectivity index (χ0) is 14.3. The summed E-state index contributed by atoms with van der Waals surface area (Å²) >= 11 is 0. The fourth-order valence-electron chi connectivity index (χ4n) is 1.98. The molecule has 0 spiro atoms. The summed E-state index contributed by atoms with van der Waals surface area (Å²) in [5.74, 6) is 1.04. The zero-order valence-corrected chi connectivity index (χ0v) is 13.5. The molecule has 5 heteroatoms. The maximum absolute atomic E-state index is 11.9. The predicted octanol–water partition coefficient (Wildman–Crippen LogP) is 2.12. The van der Waals surface area contributed by atoms with Gasteiger partial charge in [-0.05, 0) is 32.0 Å². The Balaban J connectivity index is 0.00000361. The summed E-state index contributed by atoms with van der Waals surface area (Å²) in [4.78, 5) is 13.8. The van der Waals surface area contributed by atoms with Crippen molar-refractivity contribution in [3.63, 3.8) is 0 Å². The molecule has 0 radical (unpaired) electrons. The van der Waals surface area contributed by atoms with Gasteiger partial charge in [-0.25, -0.2) is 0 Å². The summed E-state index contributed by atoms with van der Waals surface area (Å²) in [5, 5.41) is 2.99. The number of nitrogens with zero attached hydrogens (tertiary/aromatic N) is 1. The van der Waals surface area contributed by atoms with Crippen molar-refractivity contribution in [1.29, 1.82) is 0 Å². The first kappa shape index (κ1) is 18.7. The van der Waals surface area contributed by atoms with E-state index in [4.69, 9.17) is 4.74 Å². The standard InChI is InChI=1S/C15H24N2O2.ClH/c1-12(17(3)15(18)9-10-16-2)11-13-7-5-6-8-14(13)19-4;/h5-8,12,16H,9-11H2,1-4H3;1H. The monoisotopic (exact) mass is 300 g/mol. The first-order chi connectivity index (χ1) is 9.10. The molecule has 0 saturated heterocycles. The van der Waals surface area contributed by atoms with Crippen LogP contribution in [-0.2, 0) is 11.2 Å². The van der Waals surface area contributed by atoms with E-state index in [0.717, 1.165) is 17.7 Å². The lowest BCUT2D eigenvalue weighted by molar-refractivity contribution is -0.131. The largest absolute Gasteiger partial charge is 0.496 e. The lowest BCUT2D eigenvalue weighted by Crippen LogP contribution is -2.37. The van der Waals surface area contributed by atoms with Gasteiger partial charge in [0.25, 0.3) is 0 Å². The summed E-state index contributed by atoms with van der Waals surface area (Å²) < 4.78 is 5.34. The number of benzene rings is 1. The van der Waals surface area contributed by atoms with Crippen LogP contribution in [0.15, 0.2) is 24.3 Å². The van der Waals surface area contributed by atoms with Crippen LogP contribution >= 0.6 is 12.4 Å². The molecule has 114 valence electrons. The third-order valence-corrected chi connectivity index (χ3v) is 3.35. The van der Waals surface area contributed by atoms with E-state index in [1.54, 1.807) is 7.11 Å². The van der Waals surface area contributed by atoms with Crippen LogP contribution in [0.1, 0.15) is 18.9 Å². The van der Waals surface area contributed by atoms with Crippen molar-refractivity contribution in [2.24, 2.45) is 0 Å². The highest BCUT2D eigenvalue weighted by atomic mass is 35.5. The Bertz CT molecular complexity index is 413. The van der Waals surface area contributed by atoms with E-state index in [2.05, 4.69) is 12.2 Å². The van der Waals surface area contributed by atoms with E-state index in [0.29, 0.717) is 13.0 Å². The maximum Gasteiger partial charge on any atom is 0.223 e. The van der Waals surface area contributed by atoms with Crippen LogP contribution in [0.4, 0.5) is 0 Å². The van der Waals surface area contributed by atoms with Gasteiger partial charge >= 0.3 is 0 Å². The number of ether oxygens (including phenoxy) is 1. The molecule has 4 nitrogen and oxygen atoms in total. The van der Waals surface area contributed by atoms with E-state index in [1.807, 2.05) is 43.3 Å². The summed E-state index contributed by atoms with van der Waals surface area (Å²) in [6.07, 6.45) is 1.33. The molecule has 0 aliphatic carbocycles. The van der Waals surface area contributed by atoms with Crippen LogP contribution in [0.3, 0.4) is 0 Å². The number of para-hydroxylation sites is 1. The number of rotatable bonds is 7. The zero-order valence-electron chi connectivity index (χ0n) is 12.7. The molecular formula is C15H25ClN2O2. The lowest BCUT2D eigenvalue weighted by atomic mass is 10.0. The minimum absolute atomic E-state index is 0. The Morgan fingerprint density at radius 3 is 2.65 bits per heavy atom. The molecular weight excluding hydrogens is 276 g/mol. The third-order valence-electron chi connectivity index (χ3n) is 3.35. The summed E-state index contributed by atoms with van der Waals surface area (Å²) in [6.45, 7) is 2.77. The molecule has 0 aliphatic heterocycles. The summed E-state index contributed by atoms with van der Waals surface area (Å²) in [5.41, 5.74) is 1.13. The molecule has 1 N–H and O–H groups in total. The van der Waals surface area contributed by atoms with Crippen molar-refractivity contribution < 1.29 is 9.53 Å². The third kappa shape index (κ3) is 5.39. The second-order valence-electron chi connectivity index (χ2n) is 4.72. The summed E-state index contributed by atoms with van der Waals surface area (Å²) in [6, 6.07) is 8.09. The highest BCUT2D eigenvalue weighted by Crippen LogP contribution is 2.20. The number of hydrogen-bond acceptors (Lipinski definition) is 3. The van der Waals surface area contributed by atoms with Gasteiger partial charge in [0.2, 0.25) is 5.91 Å². The van der Waals surface area contributed by atoms with Crippen LogP contribution in [0.5, 0.6) is 5.75 Å². The Morgan fingerprint density at radius 1 is 1.40 bits per heavy atom. The number of nitrogens with one attached hydrogen (secondary N) is 1. The number of amides is 1. The summed E-state index contributed by atoms with van der Waals surface area (Å²) in [7, 11) is 5.38. The van der Waals surface area contributed by atoms with Crippen molar-refractivity contribution in [3.8, 4) is 5.75 Å². The van der Waals surface area contributed by atoms with Gasteiger partial charge in [0.05, 0.1) is 7.11 Å².